The maximum atomic E-state index is 13.2. The number of pyridine rings is 1. The van der Waals surface area contributed by atoms with Gasteiger partial charge in [-0.2, -0.15) is 17.5 Å². The van der Waals surface area contributed by atoms with Crippen molar-refractivity contribution in [2.45, 2.75) is 36.5 Å². The zero-order valence-corrected chi connectivity index (χ0v) is 19.1. The quantitative estimate of drug-likeness (QED) is 0.503. The Bertz CT molecular complexity index is 1310. The first-order chi connectivity index (χ1) is 16.6. The van der Waals surface area contributed by atoms with Gasteiger partial charge in [-0.05, 0) is 60.9 Å². The monoisotopic (exact) mass is 507 g/mol. The van der Waals surface area contributed by atoms with E-state index in [9.17, 15) is 30.8 Å². The van der Waals surface area contributed by atoms with E-state index in [1.54, 1.807) is 24.3 Å². The first kappa shape index (κ1) is 24.8. The van der Waals surface area contributed by atoms with Crippen LogP contribution >= 0.6 is 0 Å². The van der Waals surface area contributed by atoms with Gasteiger partial charge in [0.15, 0.2) is 0 Å². The molecule has 11 heteroatoms. The number of amides is 1. The van der Waals surface area contributed by atoms with Crippen molar-refractivity contribution in [2.24, 2.45) is 0 Å². The van der Waals surface area contributed by atoms with Gasteiger partial charge in [0.1, 0.15) is 11.9 Å². The smallest absolute Gasteiger partial charge is 0.351 e. The van der Waals surface area contributed by atoms with Gasteiger partial charge in [-0.15, -0.1) is 0 Å². The Balaban J connectivity index is 1.44. The average Bonchev–Trinajstić information content (AvgIpc) is 3.34. The third-order valence-electron chi connectivity index (χ3n) is 5.71. The molecule has 2 aromatic carbocycles. The number of nitrogens with one attached hydrogen (secondary N) is 1. The number of alkyl halides is 3. The highest BCUT2D eigenvalue weighted by molar-refractivity contribution is 7.89. The summed E-state index contributed by atoms with van der Waals surface area (Å²) in [6.45, 7) is 0.265. The molecular formula is C24H21F4N3O3S. The lowest BCUT2D eigenvalue weighted by Crippen LogP contribution is -2.45. The molecule has 0 radical (unpaired) electrons. The molecule has 1 fully saturated rings. The van der Waals surface area contributed by atoms with E-state index in [1.807, 2.05) is 0 Å². The zero-order chi connectivity index (χ0) is 25.2. The maximum Gasteiger partial charge on any atom is 0.417 e. The Morgan fingerprint density at radius 2 is 1.83 bits per heavy atom. The SMILES string of the molecule is O=C(NCc1cccc(-c2ccc(C(F)(F)F)cn2)c1)C1CCCN1S(=O)(=O)c1ccc(F)cc1. The third kappa shape index (κ3) is 5.51. The molecular weight excluding hydrogens is 486 g/mol. The molecule has 1 saturated heterocycles. The molecule has 35 heavy (non-hydrogen) atoms. The number of aromatic nitrogens is 1. The molecule has 0 spiro atoms. The number of halogens is 4. The molecule has 1 aromatic heterocycles. The van der Waals surface area contributed by atoms with E-state index in [0.29, 0.717) is 29.7 Å². The van der Waals surface area contributed by atoms with Crippen LogP contribution in [0.1, 0.15) is 24.0 Å². The second-order valence-electron chi connectivity index (χ2n) is 8.08. The summed E-state index contributed by atoms with van der Waals surface area (Å²) in [6.07, 6.45) is -2.86. The number of rotatable bonds is 6. The van der Waals surface area contributed by atoms with Crippen LogP contribution in [0.2, 0.25) is 0 Å². The first-order valence-corrected chi connectivity index (χ1v) is 12.2. The highest BCUT2D eigenvalue weighted by Gasteiger charge is 2.39. The van der Waals surface area contributed by atoms with Gasteiger partial charge in [-0.25, -0.2) is 12.8 Å². The Morgan fingerprint density at radius 3 is 2.49 bits per heavy atom. The number of carbonyl (C=O) groups excluding carboxylic acids is 1. The van der Waals surface area contributed by atoms with Crippen LogP contribution < -0.4 is 5.32 Å². The van der Waals surface area contributed by atoms with Crippen LogP contribution in [-0.2, 0) is 27.5 Å². The van der Waals surface area contributed by atoms with E-state index in [0.717, 1.165) is 28.7 Å². The molecule has 1 aliphatic heterocycles. The fourth-order valence-electron chi connectivity index (χ4n) is 3.91. The Morgan fingerprint density at radius 1 is 1.09 bits per heavy atom. The molecule has 184 valence electrons. The summed E-state index contributed by atoms with van der Waals surface area (Å²) < 4.78 is 78.6. The number of hydrogen-bond donors (Lipinski definition) is 1. The standard InChI is InChI=1S/C24H21F4N3O3S/c25-19-7-9-20(10-8-19)35(33,34)31-12-2-5-22(31)23(32)30-14-16-3-1-4-17(13-16)21-11-6-18(15-29-21)24(26,27)28/h1,3-4,6-11,13,15,22H,2,5,12,14H2,(H,30,32). The largest absolute Gasteiger partial charge is 0.417 e. The van der Waals surface area contributed by atoms with Crippen LogP contribution in [-0.4, -0.2) is 36.2 Å². The fraction of sp³-hybridized carbons (Fsp3) is 0.250. The van der Waals surface area contributed by atoms with Crippen LogP contribution in [0.4, 0.5) is 17.6 Å². The summed E-state index contributed by atoms with van der Waals surface area (Å²) in [6, 6.07) is 12.6. The summed E-state index contributed by atoms with van der Waals surface area (Å²) >= 11 is 0. The molecule has 2 heterocycles. The lowest BCUT2D eigenvalue weighted by atomic mass is 10.1. The zero-order valence-electron chi connectivity index (χ0n) is 18.3. The van der Waals surface area contributed by atoms with Crippen molar-refractivity contribution in [3.63, 3.8) is 0 Å². The van der Waals surface area contributed by atoms with Gasteiger partial charge in [0.05, 0.1) is 16.2 Å². The van der Waals surface area contributed by atoms with Gasteiger partial charge in [-0.3, -0.25) is 9.78 Å². The van der Waals surface area contributed by atoms with Gasteiger partial charge in [0.2, 0.25) is 15.9 Å². The molecule has 0 bridgehead atoms. The van der Waals surface area contributed by atoms with Crippen molar-refractivity contribution >= 4 is 15.9 Å². The third-order valence-corrected chi connectivity index (χ3v) is 7.63. The van der Waals surface area contributed by atoms with Gasteiger partial charge in [0.25, 0.3) is 0 Å². The number of benzene rings is 2. The van der Waals surface area contributed by atoms with Crippen LogP contribution in [0.25, 0.3) is 11.3 Å². The predicted octanol–water partition coefficient (Wildman–Crippen LogP) is 4.38. The molecule has 1 amide bonds. The van der Waals surface area contributed by atoms with Gasteiger partial charge in [-0.1, -0.05) is 18.2 Å². The van der Waals surface area contributed by atoms with Crippen molar-refractivity contribution in [2.75, 3.05) is 6.54 Å². The minimum Gasteiger partial charge on any atom is -0.351 e. The Hall–Kier alpha value is -3.31. The molecule has 0 saturated carbocycles. The van der Waals surface area contributed by atoms with Crippen LogP contribution in [0, 0.1) is 5.82 Å². The number of hydrogen-bond acceptors (Lipinski definition) is 4. The number of sulfonamides is 1. The Kier molecular flexibility index (Phi) is 6.91. The fourth-order valence-corrected chi connectivity index (χ4v) is 5.57. The Labute approximate surface area is 199 Å². The molecule has 3 aromatic rings. The normalized spacial score (nSPS) is 16.9. The number of nitrogens with zero attached hydrogens (tertiary/aromatic N) is 2. The second-order valence-corrected chi connectivity index (χ2v) is 9.97. The topological polar surface area (TPSA) is 79.4 Å². The average molecular weight is 508 g/mol. The highest BCUT2D eigenvalue weighted by Crippen LogP contribution is 2.30. The van der Waals surface area contributed by atoms with Crippen molar-refractivity contribution in [3.8, 4) is 11.3 Å². The van der Waals surface area contributed by atoms with Crippen molar-refractivity contribution < 1.29 is 30.8 Å². The van der Waals surface area contributed by atoms with Crippen molar-refractivity contribution in [3.05, 3.63) is 83.8 Å². The summed E-state index contributed by atoms with van der Waals surface area (Å²) in [4.78, 5) is 16.6. The van der Waals surface area contributed by atoms with Crippen LogP contribution in [0.3, 0.4) is 0 Å². The van der Waals surface area contributed by atoms with E-state index in [-0.39, 0.29) is 18.0 Å². The molecule has 1 unspecified atom stereocenters. The van der Waals surface area contributed by atoms with Gasteiger partial charge >= 0.3 is 6.18 Å². The van der Waals surface area contributed by atoms with Crippen molar-refractivity contribution in [1.82, 2.24) is 14.6 Å². The summed E-state index contributed by atoms with van der Waals surface area (Å²) in [5.74, 6) is -1.03. The maximum absolute atomic E-state index is 13.2. The lowest BCUT2D eigenvalue weighted by Gasteiger charge is -2.23. The lowest BCUT2D eigenvalue weighted by molar-refractivity contribution is -0.137. The summed E-state index contributed by atoms with van der Waals surface area (Å²) in [5, 5.41) is 2.74. The van der Waals surface area contributed by atoms with E-state index in [1.165, 1.54) is 18.2 Å². The van der Waals surface area contributed by atoms with E-state index in [2.05, 4.69) is 10.3 Å². The van der Waals surface area contributed by atoms with Crippen molar-refractivity contribution in [1.29, 1.82) is 0 Å². The minimum atomic E-state index is -4.48. The first-order valence-electron chi connectivity index (χ1n) is 10.7. The molecule has 6 nitrogen and oxygen atoms in total. The van der Waals surface area contributed by atoms with E-state index < -0.39 is 39.5 Å². The van der Waals surface area contributed by atoms with Crippen LogP contribution in [0.15, 0.2) is 71.8 Å². The minimum absolute atomic E-state index is 0.0876. The molecule has 1 atom stereocenters. The molecule has 1 N–H and O–H groups in total. The highest BCUT2D eigenvalue weighted by atomic mass is 32.2. The van der Waals surface area contributed by atoms with Crippen LogP contribution in [0.5, 0.6) is 0 Å². The summed E-state index contributed by atoms with van der Waals surface area (Å²) in [7, 11) is -3.97. The van der Waals surface area contributed by atoms with E-state index >= 15 is 0 Å². The van der Waals surface area contributed by atoms with Gasteiger partial charge in [0, 0.05) is 24.8 Å². The second kappa shape index (κ2) is 9.74. The molecule has 0 aliphatic carbocycles. The van der Waals surface area contributed by atoms with Gasteiger partial charge < -0.3 is 5.32 Å². The predicted molar refractivity (Wildman–Crippen MR) is 120 cm³/mol. The number of carbonyl (C=O) groups is 1. The van der Waals surface area contributed by atoms with E-state index in [4.69, 9.17) is 0 Å². The molecule has 4 rings (SSSR count). The summed E-state index contributed by atoms with van der Waals surface area (Å²) in [5.41, 5.74) is 0.746. The molecule has 1 aliphatic rings.